The minimum absolute atomic E-state index is 0.0208. The van der Waals surface area contributed by atoms with Gasteiger partial charge in [-0.2, -0.15) is 0 Å². The predicted octanol–water partition coefficient (Wildman–Crippen LogP) is -0.0928. The van der Waals surface area contributed by atoms with Crippen molar-refractivity contribution in [3.05, 3.63) is 0 Å². The van der Waals surface area contributed by atoms with Crippen LogP contribution in [0.25, 0.3) is 0 Å². The second-order valence-corrected chi connectivity index (χ2v) is 5.60. The van der Waals surface area contributed by atoms with Crippen LogP contribution in [-0.2, 0) is 9.59 Å². The molecule has 108 valence electrons. The van der Waals surface area contributed by atoms with E-state index in [1.807, 2.05) is 11.8 Å². The van der Waals surface area contributed by atoms with Crippen LogP contribution in [0.5, 0.6) is 0 Å². The van der Waals surface area contributed by atoms with Crippen molar-refractivity contribution in [3.63, 3.8) is 0 Å². The van der Waals surface area contributed by atoms with Gasteiger partial charge in [0.15, 0.2) is 0 Å². The van der Waals surface area contributed by atoms with Gasteiger partial charge in [0.05, 0.1) is 12.6 Å². The molecule has 2 aliphatic rings. The topological polar surface area (TPSA) is 81.1 Å². The molecule has 6 heteroatoms. The second-order valence-electron chi connectivity index (χ2n) is 5.60. The third kappa shape index (κ3) is 3.25. The molecule has 0 spiro atoms. The number of nitrogens with zero attached hydrogens (tertiary/aromatic N) is 2. The minimum atomic E-state index is -0.962. The summed E-state index contributed by atoms with van der Waals surface area (Å²) in [6.45, 7) is 3.15. The van der Waals surface area contributed by atoms with Crippen molar-refractivity contribution in [2.24, 2.45) is 0 Å². The van der Waals surface area contributed by atoms with Gasteiger partial charge in [0.25, 0.3) is 0 Å². The highest BCUT2D eigenvalue weighted by atomic mass is 16.4. The Morgan fingerprint density at radius 2 is 2.05 bits per heavy atom. The molecule has 0 radical (unpaired) electrons. The number of carboxylic acid groups (broad SMARTS) is 1. The average molecular weight is 270 g/mol. The number of hydrogen-bond acceptors (Lipinski definition) is 4. The Morgan fingerprint density at radius 1 is 1.32 bits per heavy atom. The molecule has 2 heterocycles. The fraction of sp³-hybridized carbons (Fsp3) is 0.846. The summed E-state index contributed by atoms with van der Waals surface area (Å²) in [6.07, 6.45) is 2.73. The number of amides is 1. The zero-order valence-electron chi connectivity index (χ0n) is 11.3. The number of aliphatic carboxylic acids is 1. The van der Waals surface area contributed by atoms with Gasteiger partial charge in [-0.05, 0) is 26.2 Å². The van der Waals surface area contributed by atoms with Gasteiger partial charge < -0.3 is 15.1 Å². The van der Waals surface area contributed by atoms with E-state index >= 15 is 0 Å². The van der Waals surface area contributed by atoms with Crippen LogP contribution >= 0.6 is 0 Å². The number of β-amino-alcohol motifs (C(OH)–C–C–N with tert-alkyl or cyclic N) is 1. The fourth-order valence-electron chi connectivity index (χ4n) is 3.04. The minimum Gasteiger partial charge on any atom is -0.480 e. The first-order valence-corrected chi connectivity index (χ1v) is 6.93. The summed E-state index contributed by atoms with van der Waals surface area (Å²) in [6, 6.07) is -0.504. The summed E-state index contributed by atoms with van der Waals surface area (Å²) in [5.74, 6) is -0.983. The van der Waals surface area contributed by atoms with Gasteiger partial charge in [0, 0.05) is 25.6 Å². The lowest BCUT2D eigenvalue weighted by Gasteiger charge is -2.35. The van der Waals surface area contributed by atoms with Crippen molar-refractivity contribution in [1.29, 1.82) is 0 Å². The lowest BCUT2D eigenvalue weighted by Crippen LogP contribution is -2.49. The van der Waals surface area contributed by atoms with E-state index in [1.165, 1.54) is 0 Å². The Bertz CT molecular complexity index is 361. The molecular formula is C13H22N2O4. The number of aliphatic hydroxyl groups is 1. The summed E-state index contributed by atoms with van der Waals surface area (Å²) in [4.78, 5) is 26.8. The fourth-order valence-corrected chi connectivity index (χ4v) is 3.04. The van der Waals surface area contributed by atoms with Gasteiger partial charge in [0.2, 0.25) is 5.91 Å². The van der Waals surface area contributed by atoms with Crippen molar-refractivity contribution >= 4 is 11.9 Å². The molecule has 0 aliphatic carbocycles. The van der Waals surface area contributed by atoms with Crippen LogP contribution in [0.4, 0.5) is 0 Å². The lowest BCUT2D eigenvalue weighted by atomic mass is 10.0. The van der Waals surface area contributed by atoms with E-state index in [0.29, 0.717) is 0 Å². The monoisotopic (exact) mass is 270 g/mol. The predicted molar refractivity (Wildman–Crippen MR) is 68.6 cm³/mol. The van der Waals surface area contributed by atoms with Crippen molar-refractivity contribution < 1.29 is 19.8 Å². The van der Waals surface area contributed by atoms with E-state index in [2.05, 4.69) is 0 Å². The van der Waals surface area contributed by atoms with Gasteiger partial charge in [-0.15, -0.1) is 0 Å². The quantitative estimate of drug-likeness (QED) is 0.749. The first-order valence-electron chi connectivity index (χ1n) is 6.93. The Balaban J connectivity index is 1.95. The summed E-state index contributed by atoms with van der Waals surface area (Å²) in [7, 11) is 0. The van der Waals surface area contributed by atoms with Crippen molar-refractivity contribution in [3.8, 4) is 0 Å². The van der Waals surface area contributed by atoms with Crippen LogP contribution in [0, 0.1) is 0 Å². The summed E-state index contributed by atoms with van der Waals surface area (Å²) < 4.78 is 0. The maximum Gasteiger partial charge on any atom is 0.321 e. The Hall–Kier alpha value is -1.14. The van der Waals surface area contributed by atoms with E-state index in [9.17, 15) is 14.7 Å². The molecule has 2 saturated heterocycles. The maximum absolute atomic E-state index is 12.2. The molecule has 0 saturated carbocycles. The lowest BCUT2D eigenvalue weighted by molar-refractivity contribution is -0.144. The molecule has 0 aromatic carbocycles. The largest absolute Gasteiger partial charge is 0.480 e. The number of carbonyl (C=O) groups excluding carboxylic acids is 1. The van der Waals surface area contributed by atoms with Crippen LogP contribution in [0.2, 0.25) is 0 Å². The van der Waals surface area contributed by atoms with Crippen molar-refractivity contribution in [2.75, 3.05) is 19.6 Å². The highest BCUT2D eigenvalue weighted by Gasteiger charge is 2.38. The third-order valence-electron chi connectivity index (χ3n) is 4.13. The normalized spacial score (nSPS) is 32.5. The smallest absolute Gasteiger partial charge is 0.321 e. The van der Waals surface area contributed by atoms with Gasteiger partial charge in [-0.25, -0.2) is 0 Å². The molecule has 2 N–H and O–H groups in total. The number of aliphatic hydroxyl groups excluding tert-OH is 1. The summed E-state index contributed by atoms with van der Waals surface area (Å²) >= 11 is 0. The Kier molecular flexibility index (Phi) is 4.42. The van der Waals surface area contributed by atoms with Crippen LogP contribution in [0.3, 0.4) is 0 Å². The van der Waals surface area contributed by atoms with Gasteiger partial charge >= 0.3 is 5.97 Å². The molecule has 19 heavy (non-hydrogen) atoms. The molecule has 3 atom stereocenters. The first-order chi connectivity index (χ1) is 8.99. The molecule has 0 aromatic heterocycles. The van der Waals surface area contributed by atoms with Crippen molar-refractivity contribution in [2.45, 2.75) is 50.8 Å². The number of carbonyl (C=O) groups is 2. The van der Waals surface area contributed by atoms with Crippen LogP contribution in [-0.4, -0.2) is 69.7 Å². The van der Waals surface area contributed by atoms with E-state index in [-0.39, 0.29) is 31.5 Å². The average Bonchev–Trinajstić information content (AvgIpc) is 2.70. The van der Waals surface area contributed by atoms with E-state index in [1.54, 1.807) is 4.90 Å². The summed E-state index contributed by atoms with van der Waals surface area (Å²) in [5, 5.41) is 18.7. The number of rotatable bonds is 3. The van der Waals surface area contributed by atoms with Crippen LogP contribution in [0.15, 0.2) is 0 Å². The van der Waals surface area contributed by atoms with E-state index in [4.69, 9.17) is 5.11 Å². The number of likely N-dealkylation sites (tertiary alicyclic amines) is 2. The van der Waals surface area contributed by atoms with Crippen LogP contribution in [0.1, 0.15) is 32.6 Å². The molecule has 1 amide bonds. The molecule has 2 rings (SSSR count). The molecular weight excluding hydrogens is 248 g/mol. The van der Waals surface area contributed by atoms with E-state index < -0.39 is 18.1 Å². The molecule has 0 bridgehead atoms. The Labute approximate surface area is 113 Å². The third-order valence-corrected chi connectivity index (χ3v) is 4.13. The maximum atomic E-state index is 12.2. The molecule has 2 fully saturated rings. The number of carboxylic acids is 1. The molecule has 0 aromatic rings. The Morgan fingerprint density at radius 3 is 2.68 bits per heavy atom. The zero-order valence-corrected chi connectivity index (χ0v) is 11.3. The van der Waals surface area contributed by atoms with E-state index in [0.717, 1.165) is 25.8 Å². The zero-order chi connectivity index (χ0) is 14.0. The SMILES string of the molecule is CC1CCCCN1C(=O)CN1CC(O)CC1C(=O)O. The van der Waals surface area contributed by atoms with Gasteiger partial charge in [-0.3, -0.25) is 14.5 Å². The highest BCUT2D eigenvalue weighted by molar-refractivity contribution is 5.80. The van der Waals surface area contributed by atoms with Crippen molar-refractivity contribution in [1.82, 2.24) is 9.80 Å². The molecule has 6 nitrogen and oxygen atoms in total. The van der Waals surface area contributed by atoms with Crippen LogP contribution < -0.4 is 0 Å². The number of piperidine rings is 1. The standard InChI is InChI=1S/C13H22N2O4/c1-9-4-2-3-5-15(9)12(17)8-14-7-10(16)6-11(14)13(18)19/h9-11,16H,2-8H2,1H3,(H,18,19). The molecule has 2 aliphatic heterocycles. The highest BCUT2D eigenvalue weighted by Crippen LogP contribution is 2.20. The summed E-state index contributed by atoms with van der Waals surface area (Å²) in [5.41, 5.74) is 0. The first kappa shape index (κ1) is 14.3. The molecule has 3 unspecified atom stereocenters. The number of hydrogen-bond donors (Lipinski definition) is 2. The van der Waals surface area contributed by atoms with Gasteiger partial charge in [-0.1, -0.05) is 0 Å². The van der Waals surface area contributed by atoms with Gasteiger partial charge in [0.1, 0.15) is 6.04 Å². The second kappa shape index (κ2) is 5.88.